The minimum Gasteiger partial charge on any atom is -0.494 e. The zero-order chi connectivity index (χ0) is 42.8. The maximum atomic E-state index is 13.7. The summed E-state index contributed by atoms with van der Waals surface area (Å²) in [6, 6.07) is 10.6. The number of nitrogens with one attached hydrogen (secondary N) is 3. The van der Waals surface area contributed by atoms with Crippen molar-refractivity contribution >= 4 is 57.7 Å². The number of hydrogen-bond acceptors (Lipinski definition) is 10. The Morgan fingerprint density at radius 3 is 2.36 bits per heavy atom. The fourth-order valence-electron chi connectivity index (χ4n) is 9.83. The molecule has 1 unspecified atom stereocenters. The van der Waals surface area contributed by atoms with Gasteiger partial charge in [-0.15, -0.1) is 0 Å². The number of ether oxygens (including phenoxy) is 1. The molecule has 2 aromatic heterocycles. The number of imide groups is 2. The van der Waals surface area contributed by atoms with Gasteiger partial charge in [0.15, 0.2) is 0 Å². The lowest BCUT2D eigenvalue weighted by molar-refractivity contribution is -0.141. The van der Waals surface area contributed by atoms with Crippen molar-refractivity contribution in [3.63, 3.8) is 0 Å². The van der Waals surface area contributed by atoms with E-state index in [1.54, 1.807) is 30.3 Å². The first-order valence-electron chi connectivity index (χ1n) is 20.5. The second-order valence-corrected chi connectivity index (χ2v) is 16.8. The quantitative estimate of drug-likeness (QED) is 0.185. The molecular formula is C43H43F3N8O7. The van der Waals surface area contributed by atoms with Crippen molar-refractivity contribution in [1.29, 1.82) is 0 Å². The van der Waals surface area contributed by atoms with Gasteiger partial charge in [-0.25, -0.2) is 4.98 Å². The Morgan fingerprint density at radius 2 is 1.66 bits per heavy atom. The number of nitrogens with zero attached hydrogens (tertiary/aromatic N) is 5. The van der Waals surface area contributed by atoms with Crippen LogP contribution in [0.25, 0.3) is 10.9 Å². The molecule has 0 radical (unpaired) electrons. The third-order valence-electron chi connectivity index (χ3n) is 13.1. The van der Waals surface area contributed by atoms with Crippen LogP contribution in [-0.4, -0.2) is 92.3 Å². The van der Waals surface area contributed by atoms with Crippen molar-refractivity contribution in [2.75, 3.05) is 30.8 Å². The highest BCUT2D eigenvalue weighted by molar-refractivity contribution is 6.25. The number of carbonyl (C=O) groups excluding carboxylic acids is 6. The highest BCUT2D eigenvalue weighted by Gasteiger charge is 2.49. The fraction of sp³-hybridized carbons (Fsp3) is 0.442. The highest BCUT2D eigenvalue weighted by atomic mass is 19.4. The Morgan fingerprint density at radius 1 is 0.918 bits per heavy atom. The summed E-state index contributed by atoms with van der Waals surface area (Å²) < 4.78 is 46.9. The number of aromatic nitrogens is 3. The van der Waals surface area contributed by atoms with Crippen molar-refractivity contribution in [2.24, 2.45) is 11.3 Å². The number of methoxy groups -OCH3 is 1. The first-order valence-corrected chi connectivity index (χ1v) is 20.5. The van der Waals surface area contributed by atoms with Gasteiger partial charge >= 0.3 is 6.18 Å². The van der Waals surface area contributed by atoms with Crippen LogP contribution in [0.15, 0.2) is 54.7 Å². The number of halogens is 3. The maximum Gasteiger partial charge on any atom is 0.433 e. The molecule has 2 saturated carbocycles. The molecule has 18 heteroatoms. The highest BCUT2D eigenvalue weighted by Crippen LogP contribution is 2.51. The van der Waals surface area contributed by atoms with E-state index < -0.39 is 47.4 Å². The van der Waals surface area contributed by atoms with Crippen LogP contribution < -0.4 is 20.7 Å². The van der Waals surface area contributed by atoms with Gasteiger partial charge in [-0.05, 0) is 93.5 Å². The summed E-state index contributed by atoms with van der Waals surface area (Å²) >= 11 is 0. The molecule has 3 N–H and O–H groups in total. The Bertz CT molecular complexity index is 2480. The number of alkyl halides is 3. The van der Waals surface area contributed by atoms with Gasteiger partial charge in [0.1, 0.15) is 23.2 Å². The van der Waals surface area contributed by atoms with Gasteiger partial charge in [0, 0.05) is 54.8 Å². The molecule has 61 heavy (non-hydrogen) atoms. The van der Waals surface area contributed by atoms with Crippen molar-refractivity contribution in [2.45, 2.75) is 88.5 Å². The second-order valence-electron chi connectivity index (χ2n) is 16.8. The standard InChI is InChI=1S/C43H43F3N8O7/c1-61-33-19-30-24(18-31(33)49-37(56)29-6-3-7-34(48-29)43(44,45)46)22-53(51-30)26-10-8-23(9-11-26)39(58)52-16-14-42(15-17-52)20-25(21-42)47-28-5-2-4-27-36(28)41(60)54(40(27)59)32-12-13-35(55)50-38(32)57/h2-7,18-19,22-23,25-26,32,47H,8-17,20-21H2,1H3,(H,49,56)(H,50,55,57)/t23-,26-,32?. The SMILES string of the molecule is COc1cc2nn([C@H]3CC[C@H](C(=O)N4CCC5(CC4)CC(Nc4cccc6c4C(=O)N(C4CCC(=O)NC4=O)C6=O)C5)CC3)cc2cc1NC(=O)c1cccc(C(F)(F)F)n1. The van der Waals surface area contributed by atoms with Crippen LogP contribution in [0.1, 0.15) is 107 Å². The van der Waals surface area contributed by atoms with E-state index in [4.69, 9.17) is 9.84 Å². The lowest BCUT2D eigenvalue weighted by atomic mass is 9.60. The van der Waals surface area contributed by atoms with Gasteiger partial charge in [-0.1, -0.05) is 12.1 Å². The lowest BCUT2D eigenvalue weighted by Gasteiger charge is -2.53. The Kier molecular flexibility index (Phi) is 10.1. The maximum absolute atomic E-state index is 13.7. The van der Waals surface area contributed by atoms with Crippen molar-refractivity contribution in [3.8, 4) is 5.75 Å². The average Bonchev–Trinajstić information content (AvgIpc) is 3.77. The number of piperidine rings is 2. The van der Waals surface area contributed by atoms with E-state index in [0.717, 1.165) is 55.6 Å². The zero-order valence-electron chi connectivity index (χ0n) is 33.2. The summed E-state index contributed by atoms with van der Waals surface area (Å²) in [4.78, 5) is 84.1. The molecule has 4 aromatic rings. The topological polar surface area (TPSA) is 185 Å². The van der Waals surface area contributed by atoms with Gasteiger partial charge in [0.25, 0.3) is 17.7 Å². The third-order valence-corrected chi connectivity index (χ3v) is 13.1. The van der Waals surface area contributed by atoms with Crippen molar-refractivity contribution < 1.29 is 46.7 Å². The average molecular weight is 841 g/mol. The Balaban J connectivity index is 0.766. The molecule has 5 heterocycles. The molecule has 1 spiro atoms. The van der Waals surface area contributed by atoms with Crippen LogP contribution in [0.5, 0.6) is 5.75 Å². The van der Waals surface area contributed by atoms with Crippen molar-refractivity contribution in [3.05, 3.63) is 77.2 Å². The van der Waals surface area contributed by atoms with Gasteiger partial charge < -0.3 is 20.3 Å². The number of hydrogen-bond donors (Lipinski definition) is 3. The van der Waals surface area contributed by atoms with Gasteiger partial charge in [0.05, 0.1) is 35.5 Å². The van der Waals surface area contributed by atoms with Crippen LogP contribution >= 0.6 is 0 Å². The van der Waals surface area contributed by atoms with Crippen LogP contribution in [0.3, 0.4) is 0 Å². The predicted molar refractivity (Wildman–Crippen MR) is 212 cm³/mol. The Labute approximate surface area is 347 Å². The minimum atomic E-state index is -4.69. The first kappa shape index (κ1) is 40.1. The zero-order valence-corrected chi connectivity index (χ0v) is 33.2. The molecule has 2 saturated heterocycles. The molecule has 6 amide bonds. The van der Waals surface area contributed by atoms with E-state index in [9.17, 15) is 41.9 Å². The molecule has 0 bridgehead atoms. The molecule has 3 aliphatic heterocycles. The number of rotatable bonds is 8. The monoisotopic (exact) mass is 840 g/mol. The molecule has 5 aliphatic rings. The molecule has 9 rings (SSSR count). The van der Waals surface area contributed by atoms with Crippen LogP contribution in [0.2, 0.25) is 0 Å². The summed E-state index contributed by atoms with van der Waals surface area (Å²) in [6.07, 6.45) is 3.74. The molecule has 15 nitrogen and oxygen atoms in total. The summed E-state index contributed by atoms with van der Waals surface area (Å²) in [6.45, 7) is 1.35. The third kappa shape index (κ3) is 7.45. The van der Waals surface area contributed by atoms with Crippen LogP contribution in [0.4, 0.5) is 24.5 Å². The van der Waals surface area contributed by atoms with E-state index in [-0.39, 0.29) is 70.4 Å². The normalized spacial score (nSPS) is 22.9. The van der Waals surface area contributed by atoms with E-state index >= 15 is 0 Å². The van der Waals surface area contributed by atoms with E-state index in [0.29, 0.717) is 42.5 Å². The molecule has 2 aromatic carbocycles. The largest absolute Gasteiger partial charge is 0.494 e. The molecular weight excluding hydrogens is 798 g/mol. The number of amides is 6. The van der Waals surface area contributed by atoms with E-state index in [1.165, 1.54) is 13.2 Å². The molecule has 318 valence electrons. The number of likely N-dealkylation sites (tertiary alicyclic amines) is 1. The van der Waals surface area contributed by atoms with Crippen LogP contribution in [0, 0.1) is 11.3 Å². The minimum absolute atomic E-state index is 0.0540. The van der Waals surface area contributed by atoms with Gasteiger partial charge in [-0.2, -0.15) is 18.3 Å². The van der Waals surface area contributed by atoms with Gasteiger partial charge in [0.2, 0.25) is 17.7 Å². The summed E-state index contributed by atoms with van der Waals surface area (Å²) in [5, 5.41) is 13.8. The van der Waals surface area contributed by atoms with Crippen LogP contribution in [-0.2, 0) is 20.6 Å². The summed E-state index contributed by atoms with van der Waals surface area (Å²) in [5.74, 6) is -2.58. The number of benzene rings is 2. The van der Waals surface area contributed by atoms with Crippen molar-refractivity contribution in [1.82, 2.24) is 29.9 Å². The van der Waals surface area contributed by atoms with E-state index in [2.05, 4.69) is 20.9 Å². The molecule has 2 aliphatic carbocycles. The Hall–Kier alpha value is -6.33. The fourth-order valence-corrected chi connectivity index (χ4v) is 9.83. The predicted octanol–water partition coefficient (Wildman–Crippen LogP) is 5.73. The van der Waals surface area contributed by atoms with Gasteiger partial charge in [-0.3, -0.25) is 43.7 Å². The number of pyridine rings is 1. The molecule has 4 fully saturated rings. The number of anilines is 2. The summed E-state index contributed by atoms with van der Waals surface area (Å²) in [5.41, 5.74) is 0.465. The molecule has 1 atom stereocenters. The first-order chi connectivity index (χ1) is 29.2. The second kappa shape index (κ2) is 15.3. The lowest BCUT2D eigenvalue weighted by Crippen LogP contribution is -2.54. The number of carbonyl (C=O) groups is 6. The smallest absolute Gasteiger partial charge is 0.433 e. The number of fused-ring (bicyclic) bond motifs is 2. The summed E-state index contributed by atoms with van der Waals surface area (Å²) in [7, 11) is 1.42. The van der Waals surface area contributed by atoms with E-state index in [1.807, 2.05) is 15.8 Å².